The molecule has 0 spiro atoms. The normalized spacial score (nSPS) is 16.5. The number of aliphatic imine (C=N–C) groups is 1. The van der Waals surface area contributed by atoms with Crippen molar-refractivity contribution in [3.05, 3.63) is 65.2 Å². The highest BCUT2D eigenvalue weighted by Gasteiger charge is 2.29. The summed E-state index contributed by atoms with van der Waals surface area (Å²) in [5.41, 5.74) is 3.57. The molecule has 6 heteroatoms. The Kier molecular flexibility index (Phi) is 8.33. The Morgan fingerprint density at radius 2 is 1.97 bits per heavy atom. The number of hydrogen-bond donors (Lipinski definition) is 2. The Labute approximate surface area is 185 Å². The Bertz CT molecular complexity index is 882. The predicted molar refractivity (Wildman–Crippen MR) is 125 cm³/mol. The van der Waals surface area contributed by atoms with Gasteiger partial charge in [-0.15, -0.1) is 0 Å². The molecule has 0 radical (unpaired) electrons. The summed E-state index contributed by atoms with van der Waals surface area (Å²) in [6, 6.07) is 16.5. The monoisotopic (exact) mass is 422 g/mol. The van der Waals surface area contributed by atoms with Gasteiger partial charge in [0.25, 0.3) is 0 Å². The van der Waals surface area contributed by atoms with Crippen LogP contribution in [-0.4, -0.2) is 50.1 Å². The third kappa shape index (κ3) is 6.74. The second kappa shape index (κ2) is 11.4. The number of guanidine groups is 1. The summed E-state index contributed by atoms with van der Waals surface area (Å²) in [4.78, 5) is 18.7. The lowest BCUT2D eigenvalue weighted by atomic mass is 10.1. The lowest BCUT2D eigenvalue weighted by molar-refractivity contribution is -0.127. The van der Waals surface area contributed by atoms with E-state index < -0.39 is 0 Å². The lowest BCUT2D eigenvalue weighted by Crippen LogP contribution is -2.40. The molecule has 0 aliphatic carbocycles. The number of amides is 1. The van der Waals surface area contributed by atoms with Gasteiger partial charge in [-0.25, -0.2) is 0 Å². The van der Waals surface area contributed by atoms with Gasteiger partial charge in [-0.2, -0.15) is 0 Å². The number of benzene rings is 2. The van der Waals surface area contributed by atoms with Gasteiger partial charge in [0.2, 0.25) is 5.91 Å². The van der Waals surface area contributed by atoms with E-state index in [0.717, 1.165) is 43.3 Å². The summed E-state index contributed by atoms with van der Waals surface area (Å²) < 4.78 is 5.61. The molecular weight excluding hydrogens is 388 g/mol. The number of carbonyl (C=O) groups is 1. The zero-order valence-electron chi connectivity index (χ0n) is 18.9. The molecule has 3 rings (SSSR count). The number of likely N-dealkylation sites (tertiary alicyclic amines) is 1. The van der Waals surface area contributed by atoms with Crippen LogP contribution in [0.15, 0.2) is 53.5 Å². The zero-order valence-corrected chi connectivity index (χ0v) is 18.9. The molecule has 31 heavy (non-hydrogen) atoms. The first-order chi connectivity index (χ1) is 15.1. The SMILES string of the molecule is CCOc1ccc(CNC(=NC)NCC2CC(=O)N(CCc3ccccc3)C2)cc1C. The van der Waals surface area contributed by atoms with Crippen molar-refractivity contribution < 1.29 is 9.53 Å². The quantitative estimate of drug-likeness (QED) is 0.481. The molecule has 1 amide bonds. The van der Waals surface area contributed by atoms with Gasteiger partial charge in [-0.05, 0) is 43.0 Å². The molecule has 0 bridgehead atoms. The molecule has 1 fully saturated rings. The molecule has 1 heterocycles. The van der Waals surface area contributed by atoms with Gasteiger partial charge in [0, 0.05) is 45.6 Å². The fraction of sp³-hybridized carbons (Fsp3) is 0.440. The Morgan fingerprint density at radius 3 is 2.68 bits per heavy atom. The largest absolute Gasteiger partial charge is 0.494 e. The van der Waals surface area contributed by atoms with Crippen LogP contribution < -0.4 is 15.4 Å². The molecule has 0 saturated carbocycles. The minimum Gasteiger partial charge on any atom is -0.494 e. The van der Waals surface area contributed by atoms with E-state index in [2.05, 4.69) is 46.8 Å². The van der Waals surface area contributed by atoms with E-state index >= 15 is 0 Å². The van der Waals surface area contributed by atoms with Crippen LogP contribution in [-0.2, 0) is 17.8 Å². The third-order valence-electron chi connectivity index (χ3n) is 5.59. The van der Waals surface area contributed by atoms with Crippen LogP contribution >= 0.6 is 0 Å². The average molecular weight is 423 g/mol. The summed E-state index contributed by atoms with van der Waals surface area (Å²) in [5.74, 6) is 2.23. The number of nitrogens with one attached hydrogen (secondary N) is 2. The molecule has 166 valence electrons. The summed E-state index contributed by atoms with van der Waals surface area (Å²) in [6.45, 7) is 7.71. The Morgan fingerprint density at radius 1 is 1.16 bits per heavy atom. The van der Waals surface area contributed by atoms with Crippen molar-refractivity contribution in [1.29, 1.82) is 0 Å². The maximum Gasteiger partial charge on any atom is 0.223 e. The molecule has 6 nitrogen and oxygen atoms in total. The Balaban J connectivity index is 1.42. The topological polar surface area (TPSA) is 66.0 Å². The highest BCUT2D eigenvalue weighted by Crippen LogP contribution is 2.19. The number of rotatable bonds is 9. The van der Waals surface area contributed by atoms with E-state index in [4.69, 9.17) is 4.74 Å². The fourth-order valence-electron chi connectivity index (χ4n) is 3.90. The summed E-state index contributed by atoms with van der Waals surface area (Å²) in [7, 11) is 1.77. The van der Waals surface area contributed by atoms with Crippen LogP contribution in [0, 0.1) is 12.8 Å². The van der Waals surface area contributed by atoms with Crippen LogP contribution in [0.25, 0.3) is 0 Å². The number of hydrogen-bond acceptors (Lipinski definition) is 3. The van der Waals surface area contributed by atoms with Crippen molar-refractivity contribution in [1.82, 2.24) is 15.5 Å². The van der Waals surface area contributed by atoms with E-state index in [-0.39, 0.29) is 5.91 Å². The molecule has 1 aliphatic rings. The van der Waals surface area contributed by atoms with Crippen molar-refractivity contribution in [2.45, 2.75) is 33.2 Å². The van der Waals surface area contributed by atoms with Crippen LogP contribution in [0.5, 0.6) is 5.75 Å². The molecule has 0 aromatic heterocycles. The number of carbonyl (C=O) groups excluding carboxylic acids is 1. The lowest BCUT2D eigenvalue weighted by Gasteiger charge is -2.18. The van der Waals surface area contributed by atoms with Gasteiger partial charge in [0.1, 0.15) is 5.75 Å². The molecule has 1 atom stereocenters. The highest BCUT2D eigenvalue weighted by molar-refractivity contribution is 5.80. The smallest absolute Gasteiger partial charge is 0.223 e. The van der Waals surface area contributed by atoms with E-state index in [1.54, 1.807) is 7.05 Å². The number of ether oxygens (including phenoxy) is 1. The summed E-state index contributed by atoms with van der Waals surface area (Å²) in [6.07, 6.45) is 1.49. The molecule has 2 aromatic rings. The first-order valence-electron chi connectivity index (χ1n) is 11.1. The van der Waals surface area contributed by atoms with Gasteiger partial charge in [0.05, 0.1) is 6.61 Å². The second-order valence-electron chi connectivity index (χ2n) is 7.99. The highest BCUT2D eigenvalue weighted by atomic mass is 16.5. The molecule has 2 aromatic carbocycles. The van der Waals surface area contributed by atoms with Crippen LogP contribution in [0.3, 0.4) is 0 Å². The first kappa shape index (κ1) is 22.7. The maximum absolute atomic E-state index is 12.4. The van der Waals surface area contributed by atoms with E-state index in [1.807, 2.05) is 36.1 Å². The fourth-order valence-corrected chi connectivity index (χ4v) is 3.90. The Hall–Kier alpha value is -3.02. The first-order valence-corrected chi connectivity index (χ1v) is 11.1. The van der Waals surface area contributed by atoms with Crippen LogP contribution in [0.2, 0.25) is 0 Å². The number of nitrogens with zero attached hydrogens (tertiary/aromatic N) is 2. The van der Waals surface area contributed by atoms with Crippen LogP contribution in [0.1, 0.15) is 30.0 Å². The molecule has 2 N–H and O–H groups in total. The van der Waals surface area contributed by atoms with Crippen molar-refractivity contribution in [3.63, 3.8) is 0 Å². The maximum atomic E-state index is 12.4. The van der Waals surface area contributed by atoms with Gasteiger partial charge >= 0.3 is 0 Å². The zero-order chi connectivity index (χ0) is 22.1. The predicted octanol–water partition coefficient (Wildman–Crippen LogP) is 3.15. The van der Waals surface area contributed by atoms with Crippen molar-refractivity contribution in [3.8, 4) is 5.75 Å². The van der Waals surface area contributed by atoms with Crippen molar-refractivity contribution >= 4 is 11.9 Å². The molecule has 1 unspecified atom stereocenters. The second-order valence-corrected chi connectivity index (χ2v) is 7.99. The van der Waals surface area contributed by atoms with Gasteiger partial charge in [-0.1, -0.05) is 42.5 Å². The van der Waals surface area contributed by atoms with Crippen molar-refractivity contribution in [2.75, 3.05) is 33.3 Å². The van der Waals surface area contributed by atoms with E-state index in [0.29, 0.717) is 25.5 Å². The van der Waals surface area contributed by atoms with Crippen molar-refractivity contribution in [2.24, 2.45) is 10.9 Å². The van der Waals surface area contributed by atoms with Crippen LogP contribution in [0.4, 0.5) is 0 Å². The van der Waals surface area contributed by atoms with Gasteiger partial charge in [-0.3, -0.25) is 9.79 Å². The standard InChI is InChI=1S/C25H34N4O2/c1-4-31-23-11-10-21(14-19(23)2)16-27-25(26-3)28-17-22-15-24(30)29(18-22)13-12-20-8-6-5-7-9-20/h5-11,14,22H,4,12-13,15-18H2,1-3H3,(H2,26,27,28). The van der Waals surface area contributed by atoms with Gasteiger partial charge in [0.15, 0.2) is 5.96 Å². The molecular formula is C25H34N4O2. The summed E-state index contributed by atoms with van der Waals surface area (Å²) >= 11 is 0. The van der Waals surface area contributed by atoms with E-state index in [1.165, 1.54) is 11.1 Å². The number of aryl methyl sites for hydroxylation is 1. The minimum atomic E-state index is 0.246. The minimum absolute atomic E-state index is 0.246. The van der Waals surface area contributed by atoms with Gasteiger partial charge < -0.3 is 20.3 Å². The van der Waals surface area contributed by atoms with E-state index in [9.17, 15) is 4.79 Å². The molecule has 1 saturated heterocycles. The summed E-state index contributed by atoms with van der Waals surface area (Å²) in [5, 5.41) is 6.74. The molecule has 1 aliphatic heterocycles. The average Bonchev–Trinajstić information content (AvgIpc) is 3.14. The third-order valence-corrected chi connectivity index (χ3v) is 5.59.